The zero-order chi connectivity index (χ0) is 12.0. The normalized spacial score (nSPS) is 9.88. The van der Waals surface area contributed by atoms with Crippen LogP contribution >= 0.6 is 0 Å². The third-order valence-electron chi connectivity index (χ3n) is 2.28. The molecule has 0 aliphatic rings. The van der Waals surface area contributed by atoms with Crippen LogP contribution in [0.2, 0.25) is 0 Å². The molecule has 0 fully saturated rings. The number of nitrogens with one attached hydrogen (secondary N) is 1. The van der Waals surface area contributed by atoms with E-state index in [0.717, 1.165) is 5.56 Å². The smallest absolute Gasteiger partial charge is 0.306 e. The minimum absolute atomic E-state index is 0.0633. The minimum Gasteiger partial charge on any atom is -0.469 e. The maximum absolute atomic E-state index is 11.6. The van der Waals surface area contributed by atoms with Gasteiger partial charge < -0.3 is 14.6 Å². The van der Waals surface area contributed by atoms with Gasteiger partial charge in [0.1, 0.15) is 0 Å². The summed E-state index contributed by atoms with van der Waals surface area (Å²) in [4.78, 5) is 27.0. The van der Waals surface area contributed by atoms with Gasteiger partial charge in [-0.1, -0.05) is 0 Å². The number of hydrogen-bond acceptors (Lipinski definition) is 3. The molecule has 1 amide bonds. The Morgan fingerprint density at radius 1 is 1.44 bits per heavy atom. The van der Waals surface area contributed by atoms with Crippen molar-refractivity contribution in [1.29, 1.82) is 0 Å². The summed E-state index contributed by atoms with van der Waals surface area (Å²) in [5.41, 5.74) is 1.04. The number of nitrogens with zero attached hydrogens (tertiary/aromatic N) is 1. The third kappa shape index (κ3) is 3.76. The van der Waals surface area contributed by atoms with Crippen LogP contribution in [0.3, 0.4) is 0 Å². The Hall–Kier alpha value is -1.78. The Kier molecular flexibility index (Phi) is 4.57. The predicted octanol–water partition coefficient (Wildman–Crippen LogP) is 0.926. The molecule has 0 spiro atoms. The number of H-pyrrole nitrogens is 1. The molecular weight excluding hydrogens is 208 g/mol. The van der Waals surface area contributed by atoms with Crippen molar-refractivity contribution >= 4 is 11.9 Å². The molecule has 5 nitrogen and oxygen atoms in total. The second kappa shape index (κ2) is 5.95. The Morgan fingerprint density at radius 2 is 2.19 bits per heavy atom. The highest BCUT2D eigenvalue weighted by molar-refractivity contribution is 5.81. The average molecular weight is 224 g/mol. The number of esters is 1. The molecule has 1 rings (SSSR count). The summed E-state index contributed by atoms with van der Waals surface area (Å²) < 4.78 is 4.47. The number of rotatable bonds is 5. The van der Waals surface area contributed by atoms with Crippen LogP contribution in [0.15, 0.2) is 18.5 Å². The summed E-state index contributed by atoms with van der Waals surface area (Å²) in [6, 6.07) is 1.91. The lowest BCUT2D eigenvalue weighted by Gasteiger charge is -2.15. The number of aromatic amines is 1. The van der Waals surface area contributed by atoms with Gasteiger partial charge in [-0.05, 0) is 11.6 Å². The summed E-state index contributed by atoms with van der Waals surface area (Å²) in [7, 11) is 3.03. The molecule has 0 bridgehead atoms. The van der Waals surface area contributed by atoms with E-state index in [9.17, 15) is 9.59 Å². The average Bonchev–Trinajstić information content (AvgIpc) is 2.77. The Morgan fingerprint density at radius 3 is 2.75 bits per heavy atom. The molecule has 0 radical (unpaired) electrons. The largest absolute Gasteiger partial charge is 0.469 e. The SMILES string of the molecule is COC(=O)CCC(=O)N(C)Cc1cc[nH]c1. The molecule has 16 heavy (non-hydrogen) atoms. The highest BCUT2D eigenvalue weighted by Gasteiger charge is 2.11. The molecule has 0 atom stereocenters. The molecule has 1 aromatic heterocycles. The first-order valence-electron chi connectivity index (χ1n) is 5.06. The fraction of sp³-hybridized carbons (Fsp3) is 0.455. The molecule has 0 aliphatic carbocycles. The molecule has 0 saturated carbocycles. The number of carbonyl (C=O) groups is 2. The molecule has 1 heterocycles. The van der Waals surface area contributed by atoms with Gasteiger partial charge in [-0.3, -0.25) is 9.59 Å². The van der Waals surface area contributed by atoms with Crippen molar-refractivity contribution in [3.63, 3.8) is 0 Å². The van der Waals surface area contributed by atoms with Gasteiger partial charge in [0, 0.05) is 32.4 Å². The highest BCUT2D eigenvalue weighted by Crippen LogP contribution is 2.04. The quantitative estimate of drug-likeness (QED) is 0.757. The lowest BCUT2D eigenvalue weighted by Crippen LogP contribution is -2.26. The molecule has 0 unspecified atom stereocenters. The fourth-order valence-electron chi connectivity index (χ4n) is 1.32. The fourth-order valence-corrected chi connectivity index (χ4v) is 1.32. The van der Waals surface area contributed by atoms with E-state index in [4.69, 9.17) is 0 Å². The zero-order valence-corrected chi connectivity index (χ0v) is 9.53. The van der Waals surface area contributed by atoms with Gasteiger partial charge >= 0.3 is 5.97 Å². The minimum atomic E-state index is -0.358. The Balaban J connectivity index is 2.33. The maximum Gasteiger partial charge on any atom is 0.306 e. The van der Waals surface area contributed by atoms with Gasteiger partial charge in [0.25, 0.3) is 0 Å². The first-order chi connectivity index (χ1) is 7.63. The topological polar surface area (TPSA) is 62.4 Å². The van der Waals surface area contributed by atoms with E-state index in [1.165, 1.54) is 7.11 Å². The first kappa shape index (κ1) is 12.3. The van der Waals surface area contributed by atoms with Crippen molar-refractivity contribution in [2.45, 2.75) is 19.4 Å². The van der Waals surface area contributed by atoms with Gasteiger partial charge in [0.05, 0.1) is 13.5 Å². The summed E-state index contributed by atoms with van der Waals surface area (Å²) in [6.45, 7) is 0.545. The summed E-state index contributed by atoms with van der Waals surface area (Å²) in [5.74, 6) is -0.421. The van der Waals surface area contributed by atoms with E-state index in [0.29, 0.717) is 6.54 Å². The van der Waals surface area contributed by atoms with E-state index in [-0.39, 0.29) is 24.7 Å². The number of ether oxygens (including phenoxy) is 1. The van der Waals surface area contributed by atoms with E-state index in [1.807, 2.05) is 18.5 Å². The molecule has 88 valence electrons. The maximum atomic E-state index is 11.6. The summed E-state index contributed by atoms with van der Waals surface area (Å²) in [5, 5.41) is 0. The van der Waals surface area contributed by atoms with Crippen LogP contribution in [0.1, 0.15) is 18.4 Å². The lowest BCUT2D eigenvalue weighted by atomic mass is 10.2. The summed E-state index contributed by atoms with van der Waals surface area (Å²) >= 11 is 0. The second-order valence-electron chi connectivity index (χ2n) is 3.55. The predicted molar refractivity (Wildman–Crippen MR) is 58.5 cm³/mol. The standard InChI is InChI=1S/C11H16N2O3/c1-13(8-9-5-6-12-7-9)10(14)3-4-11(15)16-2/h5-7,12H,3-4,8H2,1-2H3. The van der Waals surface area contributed by atoms with Crippen molar-refractivity contribution in [2.75, 3.05) is 14.2 Å². The van der Waals surface area contributed by atoms with Gasteiger partial charge in [-0.25, -0.2) is 0 Å². The van der Waals surface area contributed by atoms with Crippen molar-refractivity contribution < 1.29 is 14.3 Å². The molecule has 0 saturated heterocycles. The first-order valence-corrected chi connectivity index (χ1v) is 5.06. The Labute approximate surface area is 94.4 Å². The number of methoxy groups -OCH3 is 1. The number of aromatic nitrogens is 1. The number of amides is 1. The van der Waals surface area contributed by atoms with Gasteiger partial charge in [-0.15, -0.1) is 0 Å². The van der Waals surface area contributed by atoms with Crippen molar-refractivity contribution in [3.8, 4) is 0 Å². The van der Waals surface area contributed by atoms with E-state index < -0.39 is 0 Å². The second-order valence-corrected chi connectivity index (χ2v) is 3.55. The molecule has 0 aliphatic heterocycles. The molecule has 0 aromatic carbocycles. The molecular formula is C11H16N2O3. The van der Waals surface area contributed by atoms with Gasteiger partial charge in [0.2, 0.25) is 5.91 Å². The van der Waals surface area contributed by atoms with E-state index in [1.54, 1.807) is 11.9 Å². The molecule has 1 N–H and O–H groups in total. The monoisotopic (exact) mass is 224 g/mol. The van der Waals surface area contributed by atoms with Crippen molar-refractivity contribution in [3.05, 3.63) is 24.0 Å². The summed E-state index contributed by atoms with van der Waals surface area (Å²) in [6.07, 6.45) is 3.96. The van der Waals surface area contributed by atoms with E-state index >= 15 is 0 Å². The van der Waals surface area contributed by atoms with Gasteiger partial charge in [0.15, 0.2) is 0 Å². The van der Waals surface area contributed by atoms with Crippen molar-refractivity contribution in [2.24, 2.45) is 0 Å². The molecule has 5 heteroatoms. The third-order valence-corrected chi connectivity index (χ3v) is 2.28. The number of carbonyl (C=O) groups excluding carboxylic acids is 2. The van der Waals surface area contributed by atoms with Crippen LogP contribution in [0.25, 0.3) is 0 Å². The zero-order valence-electron chi connectivity index (χ0n) is 9.53. The highest BCUT2D eigenvalue weighted by atomic mass is 16.5. The van der Waals surface area contributed by atoms with Crippen LogP contribution in [-0.4, -0.2) is 35.9 Å². The van der Waals surface area contributed by atoms with Crippen LogP contribution in [-0.2, 0) is 20.9 Å². The lowest BCUT2D eigenvalue weighted by molar-refractivity contribution is -0.143. The Bertz CT molecular complexity index is 346. The van der Waals surface area contributed by atoms with Crippen LogP contribution < -0.4 is 0 Å². The van der Waals surface area contributed by atoms with Crippen LogP contribution in [0.5, 0.6) is 0 Å². The molecule has 1 aromatic rings. The van der Waals surface area contributed by atoms with E-state index in [2.05, 4.69) is 9.72 Å². The van der Waals surface area contributed by atoms with Crippen LogP contribution in [0.4, 0.5) is 0 Å². The van der Waals surface area contributed by atoms with Crippen LogP contribution in [0, 0.1) is 0 Å². The number of hydrogen-bond donors (Lipinski definition) is 1. The van der Waals surface area contributed by atoms with Gasteiger partial charge in [-0.2, -0.15) is 0 Å². The van der Waals surface area contributed by atoms with Crippen molar-refractivity contribution in [1.82, 2.24) is 9.88 Å².